The molecule has 5 nitrogen and oxygen atoms in total. The molecule has 0 spiro atoms. The van der Waals surface area contributed by atoms with E-state index in [0.29, 0.717) is 30.4 Å². The van der Waals surface area contributed by atoms with Crippen LogP contribution in [0.1, 0.15) is 13.8 Å². The van der Waals surface area contributed by atoms with Gasteiger partial charge in [0.15, 0.2) is 11.5 Å². The molecule has 0 atom stereocenters. The standard InChI is InChI=1S/C16H18INO4S/c1-3-21-15-10-9-14(11-16(15)22-4-2)23(19,20)18-13-7-5-12(17)6-8-13/h5-11,18H,3-4H2,1-2H3. The lowest BCUT2D eigenvalue weighted by molar-refractivity contribution is 0.287. The Hall–Kier alpha value is -1.48. The van der Waals surface area contributed by atoms with Gasteiger partial charge in [-0.25, -0.2) is 8.42 Å². The van der Waals surface area contributed by atoms with E-state index in [0.717, 1.165) is 3.57 Å². The molecule has 0 fully saturated rings. The topological polar surface area (TPSA) is 64.6 Å². The normalized spacial score (nSPS) is 11.1. The Balaban J connectivity index is 2.31. The van der Waals surface area contributed by atoms with Crippen LogP contribution in [0.15, 0.2) is 47.4 Å². The fourth-order valence-electron chi connectivity index (χ4n) is 1.93. The summed E-state index contributed by atoms with van der Waals surface area (Å²) < 4.78 is 39.5. The predicted octanol–water partition coefficient (Wildman–Crippen LogP) is 3.89. The lowest BCUT2D eigenvalue weighted by Gasteiger charge is -2.13. The zero-order valence-electron chi connectivity index (χ0n) is 12.9. The van der Waals surface area contributed by atoms with E-state index in [2.05, 4.69) is 27.3 Å². The van der Waals surface area contributed by atoms with Crippen molar-refractivity contribution in [2.24, 2.45) is 0 Å². The van der Waals surface area contributed by atoms with E-state index in [-0.39, 0.29) is 4.90 Å². The van der Waals surface area contributed by atoms with Crippen LogP contribution in [0.3, 0.4) is 0 Å². The molecule has 0 unspecified atom stereocenters. The maximum atomic E-state index is 12.5. The summed E-state index contributed by atoms with van der Waals surface area (Å²) >= 11 is 2.16. The molecule has 0 saturated heterocycles. The predicted molar refractivity (Wildman–Crippen MR) is 98.7 cm³/mol. The molecule has 2 aromatic rings. The second-order valence-corrected chi connectivity index (χ2v) is 7.51. The molecule has 7 heteroatoms. The van der Waals surface area contributed by atoms with Gasteiger partial charge in [0.25, 0.3) is 10.0 Å². The number of hydrogen-bond acceptors (Lipinski definition) is 4. The van der Waals surface area contributed by atoms with Gasteiger partial charge < -0.3 is 9.47 Å². The summed E-state index contributed by atoms with van der Waals surface area (Å²) in [5, 5.41) is 0. The van der Waals surface area contributed by atoms with Gasteiger partial charge in [0.2, 0.25) is 0 Å². The van der Waals surface area contributed by atoms with Crippen molar-refractivity contribution in [1.82, 2.24) is 0 Å². The van der Waals surface area contributed by atoms with E-state index >= 15 is 0 Å². The smallest absolute Gasteiger partial charge is 0.262 e. The number of hydrogen-bond donors (Lipinski definition) is 1. The van der Waals surface area contributed by atoms with E-state index in [1.165, 1.54) is 12.1 Å². The van der Waals surface area contributed by atoms with Crippen LogP contribution >= 0.6 is 22.6 Å². The highest BCUT2D eigenvalue weighted by molar-refractivity contribution is 14.1. The van der Waals surface area contributed by atoms with Crippen LogP contribution in [0.2, 0.25) is 0 Å². The number of anilines is 1. The van der Waals surface area contributed by atoms with Crippen molar-refractivity contribution in [3.63, 3.8) is 0 Å². The Kier molecular flexibility index (Phi) is 6.11. The van der Waals surface area contributed by atoms with Gasteiger partial charge in [-0.05, 0) is 72.8 Å². The Morgan fingerprint density at radius 3 is 2.17 bits per heavy atom. The Morgan fingerprint density at radius 2 is 1.57 bits per heavy atom. The number of benzene rings is 2. The van der Waals surface area contributed by atoms with Crippen LogP contribution in [0.5, 0.6) is 11.5 Å². The van der Waals surface area contributed by atoms with Crippen LogP contribution in [-0.4, -0.2) is 21.6 Å². The Bertz CT molecular complexity index is 760. The third-order valence-electron chi connectivity index (χ3n) is 2.92. The Labute approximate surface area is 150 Å². The first-order chi connectivity index (χ1) is 11.0. The van der Waals surface area contributed by atoms with Crippen LogP contribution in [0, 0.1) is 3.57 Å². The summed E-state index contributed by atoms with van der Waals surface area (Å²) in [6.45, 7) is 4.60. The highest BCUT2D eigenvalue weighted by atomic mass is 127. The van der Waals surface area contributed by atoms with E-state index in [9.17, 15) is 8.42 Å². The molecule has 0 saturated carbocycles. The molecule has 0 bridgehead atoms. The molecule has 2 aromatic carbocycles. The minimum atomic E-state index is -3.69. The highest BCUT2D eigenvalue weighted by Crippen LogP contribution is 2.31. The summed E-state index contributed by atoms with van der Waals surface area (Å²) in [6, 6.07) is 11.7. The van der Waals surface area contributed by atoms with Gasteiger partial charge in [-0.3, -0.25) is 4.72 Å². The summed E-state index contributed by atoms with van der Waals surface area (Å²) in [6.07, 6.45) is 0. The van der Waals surface area contributed by atoms with Crippen LogP contribution in [-0.2, 0) is 10.0 Å². The highest BCUT2D eigenvalue weighted by Gasteiger charge is 2.17. The molecular formula is C16H18INO4S. The summed E-state index contributed by atoms with van der Waals surface area (Å²) in [5.41, 5.74) is 0.511. The molecule has 0 aromatic heterocycles. The average Bonchev–Trinajstić information content (AvgIpc) is 2.51. The number of sulfonamides is 1. The van der Waals surface area contributed by atoms with Gasteiger partial charge >= 0.3 is 0 Å². The first-order valence-corrected chi connectivity index (χ1v) is 9.70. The van der Waals surface area contributed by atoms with E-state index in [1.54, 1.807) is 18.2 Å². The average molecular weight is 447 g/mol. The van der Waals surface area contributed by atoms with Crippen LogP contribution in [0.25, 0.3) is 0 Å². The van der Waals surface area contributed by atoms with E-state index in [1.807, 2.05) is 26.0 Å². The van der Waals surface area contributed by atoms with Gasteiger partial charge in [-0.15, -0.1) is 0 Å². The fraction of sp³-hybridized carbons (Fsp3) is 0.250. The Morgan fingerprint density at radius 1 is 0.957 bits per heavy atom. The fourth-order valence-corrected chi connectivity index (χ4v) is 3.36. The second-order valence-electron chi connectivity index (χ2n) is 4.59. The van der Waals surface area contributed by atoms with Gasteiger partial charge in [0, 0.05) is 15.3 Å². The van der Waals surface area contributed by atoms with Gasteiger partial charge in [-0.2, -0.15) is 0 Å². The first kappa shape index (κ1) is 17.9. The minimum Gasteiger partial charge on any atom is -0.490 e. The van der Waals surface area contributed by atoms with E-state index in [4.69, 9.17) is 9.47 Å². The van der Waals surface area contributed by atoms with Gasteiger partial charge in [0.05, 0.1) is 18.1 Å². The van der Waals surface area contributed by atoms with Crippen molar-refractivity contribution < 1.29 is 17.9 Å². The molecule has 124 valence electrons. The maximum absolute atomic E-state index is 12.5. The summed E-state index contributed by atoms with van der Waals surface area (Å²) in [4.78, 5) is 0.128. The molecule has 0 amide bonds. The molecule has 0 aliphatic carbocycles. The van der Waals surface area contributed by atoms with Crippen molar-refractivity contribution in [2.75, 3.05) is 17.9 Å². The summed E-state index contributed by atoms with van der Waals surface area (Å²) in [5.74, 6) is 0.947. The first-order valence-electron chi connectivity index (χ1n) is 7.14. The maximum Gasteiger partial charge on any atom is 0.262 e. The number of nitrogens with one attached hydrogen (secondary N) is 1. The summed E-state index contributed by atoms with van der Waals surface area (Å²) in [7, 11) is -3.69. The van der Waals surface area contributed by atoms with Crippen LogP contribution in [0.4, 0.5) is 5.69 Å². The van der Waals surface area contributed by atoms with Gasteiger partial charge in [-0.1, -0.05) is 0 Å². The zero-order valence-corrected chi connectivity index (χ0v) is 15.8. The van der Waals surface area contributed by atoms with E-state index < -0.39 is 10.0 Å². The van der Waals surface area contributed by atoms with Crippen molar-refractivity contribution in [3.05, 3.63) is 46.0 Å². The quantitative estimate of drug-likeness (QED) is 0.655. The number of rotatable bonds is 7. The third-order valence-corrected chi connectivity index (χ3v) is 5.02. The molecule has 2 rings (SSSR count). The lowest BCUT2D eigenvalue weighted by Crippen LogP contribution is -2.13. The molecular weight excluding hydrogens is 429 g/mol. The molecule has 0 radical (unpaired) electrons. The number of ether oxygens (including phenoxy) is 2. The second kappa shape index (κ2) is 7.87. The van der Waals surface area contributed by atoms with Crippen molar-refractivity contribution in [2.45, 2.75) is 18.7 Å². The minimum absolute atomic E-state index is 0.128. The molecule has 23 heavy (non-hydrogen) atoms. The van der Waals surface area contributed by atoms with Gasteiger partial charge in [0.1, 0.15) is 0 Å². The van der Waals surface area contributed by atoms with Crippen molar-refractivity contribution in [3.8, 4) is 11.5 Å². The number of halogens is 1. The molecule has 0 aliphatic rings. The lowest BCUT2D eigenvalue weighted by atomic mass is 10.3. The molecule has 0 aliphatic heterocycles. The van der Waals surface area contributed by atoms with Crippen LogP contribution < -0.4 is 14.2 Å². The SMILES string of the molecule is CCOc1ccc(S(=O)(=O)Nc2ccc(I)cc2)cc1OCC. The largest absolute Gasteiger partial charge is 0.490 e. The molecule has 1 N–H and O–H groups in total. The van der Waals surface area contributed by atoms with Crippen molar-refractivity contribution in [1.29, 1.82) is 0 Å². The zero-order chi connectivity index (χ0) is 16.9. The van der Waals surface area contributed by atoms with Crippen molar-refractivity contribution >= 4 is 38.3 Å². The molecule has 0 heterocycles. The monoisotopic (exact) mass is 447 g/mol. The third kappa shape index (κ3) is 4.74.